The lowest BCUT2D eigenvalue weighted by Gasteiger charge is -2.25. The largest absolute Gasteiger partial charge is 0.495 e. The van der Waals surface area contributed by atoms with Gasteiger partial charge in [0.25, 0.3) is 5.91 Å². The maximum Gasteiger partial charge on any atom is 0.338 e. The molecule has 33 heavy (non-hydrogen) atoms. The van der Waals surface area contributed by atoms with Crippen molar-refractivity contribution in [3.8, 4) is 5.75 Å². The molecule has 0 aromatic heterocycles. The van der Waals surface area contributed by atoms with E-state index in [0.717, 1.165) is 6.42 Å². The third-order valence-electron chi connectivity index (χ3n) is 6.24. The predicted molar refractivity (Wildman–Crippen MR) is 121 cm³/mol. The Morgan fingerprint density at radius 2 is 1.79 bits per heavy atom. The Balaban J connectivity index is 1.41. The van der Waals surface area contributed by atoms with E-state index in [-0.39, 0.29) is 29.2 Å². The molecular weight excluding hydrogens is 424 g/mol. The van der Waals surface area contributed by atoms with Crippen molar-refractivity contribution >= 4 is 35.1 Å². The molecule has 3 atom stereocenters. The van der Waals surface area contributed by atoms with Gasteiger partial charge in [-0.05, 0) is 55.5 Å². The first-order valence-corrected chi connectivity index (χ1v) is 11.0. The molecule has 2 aromatic rings. The van der Waals surface area contributed by atoms with Crippen molar-refractivity contribution in [2.75, 3.05) is 23.9 Å². The summed E-state index contributed by atoms with van der Waals surface area (Å²) in [5.41, 5.74) is 0.964. The number of methoxy groups -OCH3 is 1. The summed E-state index contributed by atoms with van der Waals surface area (Å²) < 4.78 is 10.3. The summed E-state index contributed by atoms with van der Waals surface area (Å²) in [4.78, 5) is 51.8. The zero-order valence-electron chi connectivity index (χ0n) is 18.6. The van der Waals surface area contributed by atoms with Gasteiger partial charge in [-0.1, -0.05) is 25.1 Å². The average molecular weight is 450 g/mol. The van der Waals surface area contributed by atoms with Crippen LogP contribution in [-0.2, 0) is 19.1 Å². The van der Waals surface area contributed by atoms with Crippen LogP contribution in [0.25, 0.3) is 0 Å². The van der Waals surface area contributed by atoms with E-state index in [9.17, 15) is 19.2 Å². The monoisotopic (exact) mass is 450 g/mol. The highest BCUT2D eigenvalue weighted by Crippen LogP contribution is 2.42. The molecule has 1 heterocycles. The van der Waals surface area contributed by atoms with Crippen molar-refractivity contribution in [3.63, 3.8) is 0 Å². The van der Waals surface area contributed by atoms with Crippen LogP contribution in [0.1, 0.15) is 36.5 Å². The number of esters is 1. The number of hydrogen-bond acceptors (Lipinski definition) is 6. The van der Waals surface area contributed by atoms with Crippen LogP contribution in [0.15, 0.2) is 48.5 Å². The second-order valence-corrected chi connectivity index (χ2v) is 8.52. The van der Waals surface area contributed by atoms with E-state index < -0.39 is 18.5 Å². The minimum Gasteiger partial charge on any atom is -0.495 e. The fourth-order valence-electron chi connectivity index (χ4n) is 4.56. The van der Waals surface area contributed by atoms with E-state index in [0.29, 0.717) is 35.9 Å². The number of ether oxygens (including phenoxy) is 2. The first-order chi connectivity index (χ1) is 15.9. The molecule has 3 amide bonds. The smallest absolute Gasteiger partial charge is 0.338 e. The molecule has 4 rings (SSSR count). The van der Waals surface area contributed by atoms with Crippen LogP contribution in [0.2, 0.25) is 0 Å². The van der Waals surface area contributed by atoms with E-state index in [2.05, 4.69) is 12.2 Å². The topological polar surface area (TPSA) is 102 Å². The van der Waals surface area contributed by atoms with Gasteiger partial charge in [0.05, 0.1) is 35.9 Å². The summed E-state index contributed by atoms with van der Waals surface area (Å²) in [6, 6.07) is 13.1. The quantitative estimate of drug-likeness (QED) is 0.535. The van der Waals surface area contributed by atoms with E-state index in [1.54, 1.807) is 36.4 Å². The molecule has 0 radical (unpaired) electrons. The zero-order chi connectivity index (χ0) is 23.5. The second-order valence-electron chi connectivity index (χ2n) is 8.52. The molecule has 1 saturated carbocycles. The minimum absolute atomic E-state index is 0.154. The lowest BCUT2D eigenvalue weighted by molar-refractivity contribution is -0.122. The fourth-order valence-corrected chi connectivity index (χ4v) is 4.56. The van der Waals surface area contributed by atoms with Crippen LogP contribution < -0.4 is 15.0 Å². The van der Waals surface area contributed by atoms with Gasteiger partial charge in [-0.15, -0.1) is 0 Å². The lowest BCUT2D eigenvalue weighted by atomic mass is 9.76. The van der Waals surface area contributed by atoms with Crippen molar-refractivity contribution in [2.45, 2.75) is 26.2 Å². The first-order valence-electron chi connectivity index (χ1n) is 11.0. The third kappa shape index (κ3) is 4.60. The number of nitrogens with zero attached hydrogens (tertiary/aromatic N) is 1. The Bertz CT molecular complexity index is 1100. The van der Waals surface area contributed by atoms with E-state index in [1.165, 1.54) is 24.1 Å². The van der Waals surface area contributed by atoms with Gasteiger partial charge in [-0.2, -0.15) is 0 Å². The summed E-state index contributed by atoms with van der Waals surface area (Å²) >= 11 is 0. The highest BCUT2D eigenvalue weighted by molar-refractivity contribution is 6.22. The van der Waals surface area contributed by atoms with Gasteiger partial charge in [0, 0.05) is 0 Å². The summed E-state index contributed by atoms with van der Waals surface area (Å²) in [6.45, 7) is 1.60. The number of amides is 3. The molecule has 1 N–H and O–H groups in total. The number of imide groups is 1. The maximum atomic E-state index is 12.9. The predicted octanol–water partition coefficient (Wildman–Crippen LogP) is 3.42. The number of carbonyl (C=O) groups is 4. The summed E-state index contributed by atoms with van der Waals surface area (Å²) in [7, 11) is 1.49. The number of rotatable bonds is 6. The first kappa shape index (κ1) is 22.5. The molecule has 0 unspecified atom stereocenters. The number of para-hydroxylation sites is 2. The van der Waals surface area contributed by atoms with Gasteiger partial charge >= 0.3 is 5.97 Å². The van der Waals surface area contributed by atoms with Gasteiger partial charge in [-0.25, -0.2) is 4.79 Å². The molecule has 2 aromatic carbocycles. The van der Waals surface area contributed by atoms with Gasteiger partial charge in [0.15, 0.2) is 6.61 Å². The number of nitrogens with one attached hydrogen (secondary N) is 1. The van der Waals surface area contributed by atoms with Crippen LogP contribution in [0, 0.1) is 17.8 Å². The zero-order valence-corrected chi connectivity index (χ0v) is 18.6. The molecular formula is C25H26N2O6. The van der Waals surface area contributed by atoms with Gasteiger partial charge in [-0.3, -0.25) is 19.3 Å². The van der Waals surface area contributed by atoms with Gasteiger partial charge in [0.1, 0.15) is 5.75 Å². The normalized spacial score (nSPS) is 22.0. The van der Waals surface area contributed by atoms with E-state index in [1.807, 2.05) is 0 Å². The average Bonchev–Trinajstić information content (AvgIpc) is 3.07. The van der Waals surface area contributed by atoms with Crippen molar-refractivity contribution < 1.29 is 28.7 Å². The molecule has 2 aliphatic rings. The highest BCUT2D eigenvalue weighted by atomic mass is 16.5. The Labute approximate surface area is 191 Å². The van der Waals surface area contributed by atoms with Crippen LogP contribution in [0.4, 0.5) is 11.4 Å². The summed E-state index contributed by atoms with van der Waals surface area (Å²) in [6.07, 6.45) is 2.34. The number of hydrogen-bond donors (Lipinski definition) is 1. The molecule has 0 bridgehead atoms. The lowest BCUT2D eigenvalue weighted by Crippen LogP contribution is -2.31. The molecule has 0 spiro atoms. The standard InChI is InChI=1S/C25H26N2O6/c1-15-10-11-18-19(12-15)24(30)27(23(18)29)17-7-5-6-16(13-17)25(31)33-14-22(28)26-20-8-3-4-9-21(20)32-2/h3-9,13,15,18-19H,10-12,14H2,1-2H3,(H,26,28)/t15-,18+,19+/m0/s1. The van der Waals surface area contributed by atoms with Crippen LogP contribution in [0.3, 0.4) is 0 Å². The van der Waals surface area contributed by atoms with Crippen molar-refractivity contribution in [2.24, 2.45) is 17.8 Å². The number of benzene rings is 2. The minimum atomic E-state index is -0.725. The Morgan fingerprint density at radius 3 is 2.58 bits per heavy atom. The highest BCUT2D eigenvalue weighted by Gasteiger charge is 2.50. The second kappa shape index (κ2) is 9.44. The van der Waals surface area contributed by atoms with Crippen LogP contribution >= 0.6 is 0 Å². The number of anilines is 2. The Kier molecular flexibility index (Phi) is 6.44. The fraction of sp³-hybridized carbons (Fsp3) is 0.360. The van der Waals surface area contributed by atoms with Crippen molar-refractivity contribution in [1.82, 2.24) is 0 Å². The molecule has 8 heteroatoms. The molecule has 2 fully saturated rings. The number of fused-ring (bicyclic) bond motifs is 1. The molecule has 1 saturated heterocycles. The van der Waals surface area contributed by atoms with E-state index >= 15 is 0 Å². The van der Waals surface area contributed by atoms with E-state index in [4.69, 9.17) is 9.47 Å². The SMILES string of the molecule is COc1ccccc1NC(=O)COC(=O)c1cccc(N2C(=O)[C@@H]3CC[C@H](C)C[C@H]3C2=O)c1. The molecule has 1 aliphatic heterocycles. The molecule has 1 aliphatic carbocycles. The Hall–Kier alpha value is -3.68. The molecule has 8 nitrogen and oxygen atoms in total. The van der Waals surface area contributed by atoms with Crippen molar-refractivity contribution in [1.29, 1.82) is 0 Å². The maximum absolute atomic E-state index is 12.9. The number of carbonyl (C=O) groups excluding carboxylic acids is 4. The van der Waals surface area contributed by atoms with Crippen molar-refractivity contribution in [3.05, 3.63) is 54.1 Å². The van der Waals surface area contributed by atoms with Gasteiger partial charge < -0.3 is 14.8 Å². The summed E-state index contributed by atoms with van der Waals surface area (Å²) in [5.74, 6) is -1.36. The van der Waals surface area contributed by atoms with Gasteiger partial charge in [0.2, 0.25) is 11.8 Å². The third-order valence-corrected chi connectivity index (χ3v) is 6.24. The van der Waals surface area contributed by atoms with Crippen LogP contribution in [-0.4, -0.2) is 37.4 Å². The summed E-state index contributed by atoms with van der Waals surface area (Å²) in [5, 5.41) is 2.63. The Morgan fingerprint density at radius 1 is 1.03 bits per heavy atom. The molecule has 172 valence electrons. The van der Waals surface area contributed by atoms with Crippen LogP contribution in [0.5, 0.6) is 5.75 Å².